The molecule has 2 heterocycles. The van der Waals surface area contributed by atoms with Crippen molar-refractivity contribution in [3.63, 3.8) is 0 Å². The molecule has 0 amide bonds. The van der Waals surface area contributed by atoms with E-state index >= 15 is 0 Å². The fourth-order valence-electron chi connectivity index (χ4n) is 2.42. The number of carboxylic acid groups (broad SMARTS) is 1. The van der Waals surface area contributed by atoms with Gasteiger partial charge in [0.15, 0.2) is 0 Å². The molecule has 0 aliphatic rings. The summed E-state index contributed by atoms with van der Waals surface area (Å²) in [7, 11) is 0. The summed E-state index contributed by atoms with van der Waals surface area (Å²) < 4.78 is 2.10. The highest BCUT2D eigenvalue weighted by molar-refractivity contribution is 5.85. The molecule has 0 aliphatic heterocycles. The van der Waals surface area contributed by atoms with E-state index in [0.717, 1.165) is 11.2 Å². The molecule has 100 valence electrons. The SMILES string of the molecule is Cc1cn(Cc2cccc(C(=O)O)n2)c2ccccc12. The molecule has 0 atom stereocenters. The molecule has 1 N–H and O–H groups in total. The zero-order valence-electron chi connectivity index (χ0n) is 11.1. The van der Waals surface area contributed by atoms with Gasteiger partial charge in [-0.05, 0) is 30.7 Å². The lowest BCUT2D eigenvalue weighted by Crippen LogP contribution is -2.05. The van der Waals surface area contributed by atoms with E-state index in [9.17, 15) is 4.79 Å². The Morgan fingerprint density at radius 3 is 2.80 bits per heavy atom. The number of benzene rings is 1. The number of fused-ring (bicyclic) bond motifs is 1. The zero-order valence-corrected chi connectivity index (χ0v) is 11.1. The molecule has 20 heavy (non-hydrogen) atoms. The molecular formula is C16H14N2O2. The number of nitrogens with zero attached hydrogens (tertiary/aromatic N) is 2. The zero-order chi connectivity index (χ0) is 14.1. The van der Waals surface area contributed by atoms with Crippen LogP contribution in [0.5, 0.6) is 0 Å². The molecule has 0 radical (unpaired) electrons. The number of carboxylic acids is 1. The molecular weight excluding hydrogens is 252 g/mol. The van der Waals surface area contributed by atoms with Crippen molar-refractivity contribution in [2.45, 2.75) is 13.5 Å². The maximum Gasteiger partial charge on any atom is 0.354 e. The number of hydrogen-bond acceptors (Lipinski definition) is 2. The number of pyridine rings is 1. The first-order chi connectivity index (χ1) is 9.65. The predicted molar refractivity (Wildman–Crippen MR) is 77.0 cm³/mol. The second-order valence-corrected chi connectivity index (χ2v) is 4.78. The second kappa shape index (κ2) is 4.81. The van der Waals surface area contributed by atoms with Crippen molar-refractivity contribution in [1.29, 1.82) is 0 Å². The minimum absolute atomic E-state index is 0.0793. The molecule has 0 saturated heterocycles. The van der Waals surface area contributed by atoms with E-state index in [1.165, 1.54) is 17.0 Å². The standard InChI is InChI=1S/C16H14N2O2/c1-11-9-18(15-8-3-2-6-13(11)15)10-12-5-4-7-14(17-12)16(19)20/h2-9H,10H2,1H3,(H,19,20). The number of para-hydroxylation sites is 1. The number of aromatic carboxylic acids is 1. The maximum absolute atomic E-state index is 11.0. The second-order valence-electron chi connectivity index (χ2n) is 4.78. The van der Waals surface area contributed by atoms with Crippen molar-refractivity contribution in [3.8, 4) is 0 Å². The third-order valence-electron chi connectivity index (χ3n) is 3.35. The molecule has 0 saturated carbocycles. The largest absolute Gasteiger partial charge is 0.477 e. The van der Waals surface area contributed by atoms with Crippen LogP contribution in [0.4, 0.5) is 0 Å². The van der Waals surface area contributed by atoms with Crippen LogP contribution in [0.2, 0.25) is 0 Å². The monoisotopic (exact) mass is 266 g/mol. The van der Waals surface area contributed by atoms with Crippen LogP contribution in [0, 0.1) is 6.92 Å². The third-order valence-corrected chi connectivity index (χ3v) is 3.35. The average Bonchev–Trinajstić information content (AvgIpc) is 2.76. The topological polar surface area (TPSA) is 55.1 Å². The van der Waals surface area contributed by atoms with Gasteiger partial charge >= 0.3 is 5.97 Å². The molecule has 3 rings (SSSR count). The van der Waals surface area contributed by atoms with Gasteiger partial charge < -0.3 is 9.67 Å². The Labute approximate surface area is 116 Å². The molecule has 3 aromatic rings. The number of hydrogen-bond donors (Lipinski definition) is 1. The van der Waals surface area contributed by atoms with Crippen LogP contribution in [0.25, 0.3) is 10.9 Å². The van der Waals surface area contributed by atoms with Crippen molar-refractivity contribution in [2.75, 3.05) is 0 Å². The first-order valence-electron chi connectivity index (χ1n) is 6.39. The average molecular weight is 266 g/mol. The lowest BCUT2D eigenvalue weighted by molar-refractivity contribution is 0.0690. The van der Waals surface area contributed by atoms with Gasteiger partial charge in [0.1, 0.15) is 5.69 Å². The van der Waals surface area contributed by atoms with Crippen LogP contribution in [-0.4, -0.2) is 20.6 Å². The first-order valence-corrected chi connectivity index (χ1v) is 6.39. The summed E-state index contributed by atoms with van der Waals surface area (Å²) in [6.07, 6.45) is 2.07. The number of aromatic nitrogens is 2. The van der Waals surface area contributed by atoms with E-state index < -0.39 is 5.97 Å². The molecule has 0 spiro atoms. The molecule has 0 aliphatic carbocycles. The Morgan fingerprint density at radius 2 is 2.00 bits per heavy atom. The van der Waals surface area contributed by atoms with Gasteiger partial charge in [-0.25, -0.2) is 9.78 Å². The van der Waals surface area contributed by atoms with Crippen molar-refractivity contribution < 1.29 is 9.90 Å². The van der Waals surface area contributed by atoms with E-state index in [4.69, 9.17) is 5.11 Å². The summed E-state index contributed by atoms with van der Waals surface area (Å²) in [5.41, 5.74) is 3.16. The Hall–Kier alpha value is -2.62. The summed E-state index contributed by atoms with van der Waals surface area (Å²) in [6.45, 7) is 2.63. The van der Waals surface area contributed by atoms with Gasteiger partial charge in [-0.2, -0.15) is 0 Å². The van der Waals surface area contributed by atoms with Gasteiger partial charge in [0.05, 0.1) is 12.2 Å². The Morgan fingerprint density at radius 1 is 1.20 bits per heavy atom. The van der Waals surface area contributed by atoms with Crippen LogP contribution in [-0.2, 0) is 6.54 Å². The van der Waals surface area contributed by atoms with Gasteiger partial charge in [-0.1, -0.05) is 24.3 Å². The summed E-state index contributed by atoms with van der Waals surface area (Å²) in [5.74, 6) is -1.000. The van der Waals surface area contributed by atoms with Gasteiger partial charge in [-0.15, -0.1) is 0 Å². The molecule has 0 bridgehead atoms. The van der Waals surface area contributed by atoms with E-state index in [-0.39, 0.29) is 5.69 Å². The maximum atomic E-state index is 11.0. The van der Waals surface area contributed by atoms with Crippen molar-refractivity contribution >= 4 is 16.9 Å². The lowest BCUT2D eigenvalue weighted by Gasteiger charge is -2.05. The molecule has 1 aromatic carbocycles. The molecule has 2 aromatic heterocycles. The third kappa shape index (κ3) is 2.16. The minimum atomic E-state index is -1.000. The Balaban J connectivity index is 2.01. The summed E-state index contributed by atoms with van der Waals surface area (Å²) >= 11 is 0. The van der Waals surface area contributed by atoms with Crippen LogP contribution in [0.3, 0.4) is 0 Å². The number of rotatable bonds is 3. The van der Waals surface area contributed by atoms with Crippen molar-refractivity contribution in [3.05, 3.63) is 65.6 Å². The molecule has 0 unspecified atom stereocenters. The highest BCUT2D eigenvalue weighted by Crippen LogP contribution is 2.21. The summed E-state index contributed by atoms with van der Waals surface area (Å²) in [6, 6.07) is 13.2. The quantitative estimate of drug-likeness (QED) is 0.792. The van der Waals surface area contributed by atoms with Crippen LogP contribution >= 0.6 is 0 Å². The number of aryl methyl sites for hydroxylation is 1. The highest BCUT2D eigenvalue weighted by atomic mass is 16.4. The minimum Gasteiger partial charge on any atom is -0.477 e. The summed E-state index contributed by atoms with van der Waals surface area (Å²) in [4.78, 5) is 15.1. The highest BCUT2D eigenvalue weighted by Gasteiger charge is 2.08. The van der Waals surface area contributed by atoms with Crippen LogP contribution in [0.1, 0.15) is 21.7 Å². The van der Waals surface area contributed by atoms with Gasteiger partial charge in [0, 0.05) is 17.1 Å². The fraction of sp³-hybridized carbons (Fsp3) is 0.125. The van der Waals surface area contributed by atoms with Gasteiger partial charge in [0.2, 0.25) is 0 Å². The Bertz CT molecular complexity index is 790. The smallest absolute Gasteiger partial charge is 0.354 e. The van der Waals surface area contributed by atoms with E-state index in [1.807, 2.05) is 18.2 Å². The fourth-order valence-corrected chi connectivity index (χ4v) is 2.42. The molecule has 0 fully saturated rings. The normalized spacial score (nSPS) is 10.8. The van der Waals surface area contributed by atoms with Crippen molar-refractivity contribution in [2.24, 2.45) is 0 Å². The first kappa shape index (κ1) is 12.4. The molecule has 4 nitrogen and oxygen atoms in total. The predicted octanol–water partition coefficient (Wildman–Crippen LogP) is 3.09. The van der Waals surface area contributed by atoms with Gasteiger partial charge in [0.25, 0.3) is 0 Å². The van der Waals surface area contributed by atoms with Crippen LogP contribution < -0.4 is 0 Å². The lowest BCUT2D eigenvalue weighted by atomic mass is 10.2. The van der Waals surface area contributed by atoms with Crippen molar-refractivity contribution in [1.82, 2.24) is 9.55 Å². The van der Waals surface area contributed by atoms with Crippen LogP contribution in [0.15, 0.2) is 48.7 Å². The van der Waals surface area contributed by atoms with E-state index in [0.29, 0.717) is 6.54 Å². The molecule has 4 heteroatoms. The van der Waals surface area contributed by atoms with E-state index in [2.05, 4.69) is 34.8 Å². The summed E-state index contributed by atoms with van der Waals surface area (Å²) in [5, 5.41) is 10.2. The Kier molecular flexibility index (Phi) is 2.99. The number of carbonyl (C=O) groups is 1. The van der Waals surface area contributed by atoms with E-state index in [1.54, 1.807) is 6.07 Å². The van der Waals surface area contributed by atoms with Gasteiger partial charge in [-0.3, -0.25) is 0 Å².